The molecule has 1 amide bonds. The fraction of sp³-hybridized carbons (Fsp3) is 0.688. The first-order chi connectivity index (χ1) is 10.1. The van der Waals surface area contributed by atoms with Gasteiger partial charge in [0, 0.05) is 17.9 Å². The predicted octanol–water partition coefficient (Wildman–Crippen LogP) is 2.82. The van der Waals surface area contributed by atoms with Crippen LogP contribution in [-0.2, 0) is 4.79 Å². The summed E-state index contributed by atoms with van der Waals surface area (Å²) in [5, 5.41) is 3.85. The Morgan fingerprint density at radius 2 is 2.33 bits per heavy atom. The van der Waals surface area contributed by atoms with Crippen molar-refractivity contribution >= 4 is 17.7 Å². The van der Waals surface area contributed by atoms with Gasteiger partial charge in [-0.15, -0.1) is 0 Å². The van der Waals surface area contributed by atoms with Crippen LogP contribution in [0.2, 0.25) is 0 Å². The number of aromatic nitrogens is 2. The van der Waals surface area contributed by atoms with Gasteiger partial charge < -0.3 is 5.32 Å². The molecule has 5 heteroatoms. The predicted molar refractivity (Wildman–Crippen MR) is 84.0 cm³/mol. The summed E-state index contributed by atoms with van der Waals surface area (Å²) in [6.07, 6.45) is 7.20. The number of fused-ring (bicyclic) bond motifs is 2. The average Bonchev–Trinajstić information content (AvgIpc) is 3.08. The van der Waals surface area contributed by atoms with Gasteiger partial charge in [0.15, 0.2) is 5.16 Å². The van der Waals surface area contributed by atoms with Gasteiger partial charge in [0.05, 0.1) is 5.75 Å². The van der Waals surface area contributed by atoms with E-state index in [2.05, 4.69) is 22.2 Å². The number of nitrogens with zero attached hydrogens (tertiary/aromatic N) is 2. The van der Waals surface area contributed by atoms with Crippen molar-refractivity contribution in [1.29, 1.82) is 0 Å². The van der Waals surface area contributed by atoms with Crippen molar-refractivity contribution in [2.24, 2.45) is 17.8 Å². The Balaban J connectivity index is 1.46. The van der Waals surface area contributed by atoms with E-state index in [1.807, 2.05) is 13.0 Å². The molecule has 0 aliphatic heterocycles. The van der Waals surface area contributed by atoms with Crippen molar-refractivity contribution in [3.05, 3.63) is 18.0 Å². The van der Waals surface area contributed by atoms with Crippen LogP contribution in [0, 0.1) is 24.7 Å². The SMILES string of the molecule is Cc1ccnc(SCC(=O)N[C@@H](C)[C@H]2C[C@H]3CC[C@H]2C3)n1. The van der Waals surface area contributed by atoms with Gasteiger partial charge in [0.25, 0.3) is 0 Å². The molecule has 1 N–H and O–H groups in total. The first-order valence-corrected chi connectivity index (χ1v) is 8.82. The van der Waals surface area contributed by atoms with E-state index in [0.29, 0.717) is 22.9 Å². The van der Waals surface area contributed by atoms with E-state index < -0.39 is 0 Å². The van der Waals surface area contributed by atoms with Crippen LogP contribution in [0.3, 0.4) is 0 Å². The van der Waals surface area contributed by atoms with E-state index in [0.717, 1.165) is 17.5 Å². The molecule has 4 atom stereocenters. The Kier molecular flexibility index (Phi) is 4.48. The summed E-state index contributed by atoms with van der Waals surface area (Å²) in [5.41, 5.74) is 0.934. The van der Waals surface area contributed by atoms with Crippen molar-refractivity contribution in [3.8, 4) is 0 Å². The highest BCUT2D eigenvalue weighted by Crippen LogP contribution is 2.49. The first kappa shape index (κ1) is 14.8. The van der Waals surface area contributed by atoms with E-state index >= 15 is 0 Å². The lowest BCUT2D eigenvalue weighted by Crippen LogP contribution is -2.40. The maximum atomic E-state index is 12.1. The van der Waals surface area contributed by atoms with Gasteiger partial charge in [-0.2, -0.15) is 0 Å². The molecule has 4 nitrogen and oxygen atoms in total. The third kappa shape index (κ3) is 3.57. The molecular weight excluding hydrogens is 282 g/mol. The lowest BCUT2D eigenvalue weighted by molar-refractivity contribution is -0.119. The molecule has 0 unspecified atom stereocenters. The molecule has 0 spiro atoms. The molecule has 0 aromatic carbocycles. The van der Waals surface area contributed by atoms with Crippen LogP contribution >= 0.6 is 11.8 Å². The fourth-order valence-electron chi connectivity index (χ4n) is 3.93. The highest BCUT2D eigenvalue weighted by atomic mass is 32.2. The Labute approximate surface area is 130 Å². The summed E-state index contributed by atoms with van der Waals surface area (Å²) < 4.78 is 0. The van der Waals surface area contributed by atoms with E-state index in [1.165, 1.54) is 37.4 Å². The summed E-state index contributed by atoms with van der Waals surface area (Å²) in [4.78, 5) is 20.6. The number of rotatable bonds is 5. The van der Waals surface area contributed by atoms with Crippen LogP contribution in [0.15, 0.2) is 17.4 Å². The van der Waals surface area contributed by atoms with Crippen molar-refractivity contribution < 1.29 is 4.79 Å². The maximum absolute atomic E-state index is 12.1. The third-order valence-electron chi connectivity index (χ3n) is 4.93. The number of aryl methyl sites for hydroxylation is 1. The minimum absolute atomic E-state index is 0.0976. The summed E-state index contributed by atoms with van der Waals surface area (Å²) in [7, 11) is 0. The quantitative estimate of drug-likeness (QED) is 0.671. The zero-order valence-corrected chi connectivity index (χ0v) is 13.5. The maximum Gasteiger partial charge on any atom is 0.230 e. The van der Waals surface area contributed by atoms with Gasteiger partial charge >= 0.3 is 0 Å². The fourth-order valence-corrected chi connectivity index (χ4v) is 4.62. The zero-order chi connectivity index (χ0) is 14.8. The molecule has 114 valence electrons. The van der Waals surface area contributed by atoms with Crippen molar-refractivity contribution in [2.75, 3.05) is 5.75 Å². The monoisotopic (exact) mass is 305 g/mol. The second kappa shape index (κ2) is 6.34. The van der Waals surface area contributed by atoms with Crippen LogP contribution in [-0.4, -0.2) is 27.7 Å². The molecule has 0 radical (unpaired) electrons. The van der Waals surface area contributed by atoms with Gasteiger partial charge in [-0.25, -0.2) is 9.97 Å². The standard InChI is InChI=1S/C16H23N3OS/c1-10-5-6-17-16(18-10)21-9-15(20)19-11(2)14-8-12-3-4-13(14)7-12/h5-6,11-14H,3-4,7-9H2,1-2H3,(H,19,20)/t11-,12-,13-,14+/m0/s1. The number of hydrogen-bond donors (Lipinski definition) is 1. The van der Waals surface area contributed by atoms with Gasteiger partial charge in [0.1, 0.15) is 0 Å². The van der Waals surface area contributed by atoms with E-state index in [4.69, 9.17) is 0 Å². The minimum Gasteiger partial charge on any atom is -0.353 e. The molecule has 1 aromatic heterocycles. The van der Waals surface area contributed by atoms with Crippen LogP contribution < -0.4 is 5.32 Å². The van der Waals surface area contributed by atoms with E-state index in [1.54, 1.807) is 6.20 Å². The second-order valence-corrected chi connectivity index (χ2v) is 7.41. The normalized spacial score (nSPS) is 28.6. The average molecular weight is 305 g/mol. The number of nitrogens with one attached hydrogen (secondary N) is 1. The van der Waals surface area contributed by atoms with Crippen LogP contribution in [0.4, 0.5) is 0 Å². The van der Waals surface area contributed by atoms with Crippen LogP contribution in [0.1, 0.15) is 38.3 Å². The van der Waals surface area contributed by atoms with Crippen LogP contribution in [0.5, 0.6) is 0 Å². The third-order valence-corrected chi connectivity index (χ3v) is 5.79. The van der Waals surface area contributed by atoms with Crippen LogP contribution in [0.25, 0.3) is 0 Å². The number of carbonyl (C=O) groups excluding carboxylic acids is 1. The minimum atomic E-state index is 0.0976. The smallest absolute Gasteiger partial charge is 0.230 e. The van der Waals surface area contributed by atoms with Gasteiger partial charge in [-0.1, -0.05) is 18.2 Å². The highest BCUT2D eigenvalue weighted by Gasteiger charge is 2.42. The lowest BCUT2D eigenvalue weighted by Gasteiger charge is -2.28. The number of hydrogen-bond acceptors (Lipinski definition) is 4. The number of thioether (sulfide) groups is 1. The molecule has 1 aromatic rings. The van der Waals surface area contributed by atoms with E-state index in [9.17, 15) is 4.79 Å². The highest BCUT2D eigenvalue weighted by molar-refractivity contribution is 7.99. The molecule has 21 heavy (non-hydrogen) atoms. The molecule has 2 bridgehead atoms. The van der Waals surface area contributed by atoms with E-state index in [-0.39, 0.29) is 5.91 Å². The molecule has 2 aliphatic carbocycles. The first-order valence-electron chi connectivity index (χ1n) is 7.83. The van der Waals surface area contributed by atoms with Gasteiger partial charge in [-0.3, -0.25) is 4.79 Å². The molecule has 3 rings (SSSR count). The molecule has 2 fully saturated rings. The van der Waals surface area contributed by atoms with Crippen molar-refractivity contribution in [2.45, 2.75) is 50.7 Å². The van der Waals surface area contributed by atoms with Crippen molar-refractivity contribution in [3.63, 3.8) is 0 Å². The molecule has 1 heterocycles. The van der Waals surface area contributed by atoms with Gasteiger partial charge in [0.2, 0.25) is 5.91 Å². The molecule has 0 saturated heterocycles. The van der Waals surface area contributed by atoms with Crippen molar-refractivity contribution in [1.82, 2.24) is 15.3 Å². The topological polar surface area (TPSA) is 54.9 Å². The number of carbonyl (C=O) groups is 1. The summed E-state index contributed by atoms with van der Waals surface area (Å²) >= 11 is 1.41. The lowest BCUT2D eigenvalue weighted by atomic mass is 9.84. The summed E-state index contributed by atoms with van der Waals surface area (Å²) in [6.45, 7) is 4.10. The largest absolute Gasteiger partial charge is 0.353 e. The molecule has 2 aliphatic rings. The Hall–Kier alpha value is -1.10. The zero-order valence-electron chi connectivity index (χ0n) is 12.7. The summed E-state index contributed by atoms with van der Waals surface area (Å²) in [6, 6.07) is 2.16. The van der Waals surface area contributed by atoms with Gasteiger partial charge in [-0.05, 0) is 56.9 Å². The Bertz CT molecular complexity index is 522. The molecular formula is C16H23N3OS. The summed E-state index contributed by atoms with van der Waals surface area (Å²) in [5.74, 6) is 2.95. The molecule has 2 saturated carbocycles. The second-order valence-electron chi connectivity index (χ2n) is 6.46. The Morgan fingerprint density at radius 1 is 1.48 bits per heavy atom. The number of amides is 1. The Morgan fingerprint density at radius 3 is 3.00 bits per heavy atom.